The van der Waals surface area contributed by atoms with Gasteiger partial charge in [-0.2, -0.15) is 0 Å². The Kier molecular flexibility index (Phi) is 3.47. The van der Waals surface area contributed by atoms with E-state index in [1.54, 1.807) is 0 Å². The van der Waals surface area contributed by atoms with Gasteiger partial charge in [0.1, 0.15) is 0 Å². The van der Waals surface area contributed by atoms with E-state index in [-0.39, 0.29) is 0 Å². The number of rotatable bonds is 3. The molecule has 0 aliphatic rings. The van der Waals surface area contributed by atoms with Crippen molar-refractivity contribution in [3.05, 3.63) is 0 Å². The maximum atomic E-state index is 10.6. The maximum absolute atomic E-state index is 10.6. The van der Waals surface area contributed by atoms with Crippen LogP contribution in [0.15, 0.2) is 0 Å². The van der Waals surface area contributed by atoms with Gasteiger partial charge in [-0.3, -0.25) is 9.13 Å². The summed E-state index contributed by atoms with van der Waals surface area (Å²) in [6.07, 6.45) is 0. The summed E-state index contributed by atoms with van der Waals surface area (Å²) in [5.74, 6) is 0. The van der Waals surface area contributed by atoms with Gasteiger partial charge in [0.05, 0.1) is 6.04 Å². The van der Waals surface area contributed by atoms with Gasteiger partial charge in [0.15, 0.2) is 0 Å². The van der Waals surface area contributed by atoms with E-state index < -0.39 is 26.3 Å². The van der Waals surface area contributed by atoms with Gasteiger partial charge in [-0.25, -0.2) is 0 Å². The van der Waals surface area contributed by atoms with Crippen molar-refractivity contribution in [1.29, 1.82) is 0 Å². The Bertz CT molecular complexity index is 253. The standard InChI is InChI=1S/C3H11NO7P2/c1-2(4)3(5,12(6,7)8)13(9,10)11/h2,5H,4H2,1H3,(H2,6,7,8)(H2,9,10,11). The molecule has 0 amide bonds. The summed E-state index contributed by atoms with van der Waals surface area (Å²) in [6, 6.07) is -1.76. The number of hydrogen-bond donors (Lipinski definition) is 6. The molecule has 8 nitrogen and oxygen atoms in total. The normalized spacial score (nSPS) is 17.2. The van der Waals surface area contributed by atoms with Gasteiger partial charge in [0.2, 0.25) is 0 Å². The first-order valence-electron chi connectivity index (χ1n) is 3.04. The van der Waals surface area contributed by atoms with E-state index in [1.807, 2.05) is 0 Å². The Hall–Kier alpha value is 0.220. The minimum atomic E-state index is -5.40. The fourth-order valence-electron chi connectivity index (χ4n) is 0.700. The average Bonchev–Trinajstić information content (AvgIpc) is 1.80. The predicted octanol–water partition coefficient (Wildman–Crippen LogP) is -1.66. The number of hydrogen-bond acceptors (Lipinski definition) is 4. The summed E-state index contributed by atoms with van der Waals surface area (Å²) in [7, 11) is -10.8. The topological polar surface area (TPSA) is 161 Å². The molecule has 0 spiro atoms. The molecule has 0 saturated heterocycles. The first kappa shape index (κ1) is 13.2. The highest BCUT2D eigenvalue weighted by Gasteiger charge is 2.61. The molecule has 0 aromatic rings. The van der Waals surface area contributed by atoms with E-state index in [4.69, 9.17) is 30.4 Å². The molecule has 80 valence electrons. The zero-order valence-corrected chi connectivity index (χ0v) is 8.39. The smallest absolute Gasteiger partial charge is 0.366 e. The first-order chi connectivity index (χ1) is 5.44. The van der Waals surface area contributed by atoms with Crippen LogP contribution in [0.5, 0.6) is 0 Å². The van der Waals surface area contributed by atoms with Gasteiger partial charge in [0, 0.05) is 0 Å². The molecule has 1 unspecified atom stereocenters. The Morgan fingerprint density at radius 3 is 1.38 bits per heavy atom. The van der Waals surface area contributed by atoms with Crippen molar-refractivity contribution in [2.45, 2.75) is 18.0 Å². The summed E-state index contributed by atoms with van der Waals surface area (Å²) in [6.45, 7) is 0.887. The van der Waals surface area contributed by atoms with Crippen LogP contribution >= 0.6 is 15.2 Å². The number of nitrogens with two attached hydrogens (primary N) is 1. The van der Waals surface area contributed by atoms with Gasteiger partial charge >= 0.3 is 15.2 Å². The average molecular weight is 235 g/mol. The molecule has 0 aromatic carbocycles. The van der Waals surface area contributed by atoms with Crippen LogP contribution in [-0.2, 0) is 9.13 Å². The van der Waals surface area contributed by atoms with Crippen LogP contribution in [0, 0.1) is 0 Å². The minimum absolute atomic E-state index is 0.887. The Balaban J connectivity index is 5.50. The molecular weight excluding hydrogens is 224 g/mol. The molecule has 10 heteroatoms. The SMILES string of the molecule is CC(N)C(O)(P(=O)(O)O)P(=O)(O)O. The lowest BCUT2D eigenvalue weighted by atomic mass is 10.4. The third-order valence-corrected chi connectivity index (χ3v) is 5.56. The van der Waals surface area contributed by atoms with Crippen LogP contribution in [0.25, 0.3) is 0 Å². The lowest BCUT2D eigenvalue weighted by molar-refractivity contribution is 0.113. The molecule has 1 atom stereocenters. The van der Waals surface area contributed by atoms with Crippen molar-refractivity contribution >= 4 is 15.2 Å². The summed E-state index contributed by atoms with van der Waals surface area (Å²) >= 11 is 0. The maximum Gasteiger partial charge on any atom is 0.371 e. The van der Waals surface area contributed by atoms with E-state index >= 15 is 0 Å². The van der Waals surface area contributed by atoms with Gasteiger partial charge < -0.3 is 30.4 Å². The summed E-state index contributed by atoms with van der Waals surface area (Å²) < 4.78 is 21.2. The molecule has 7 N–H and O–H groups in total. The minimum Gasteiger partial charge on any atom is -0.366 e. The van der Waals surface area contributed by atoms with E-state index in [1.165, 1.54) is 0 Å². The van der Waals surface area contributed by atoms with Crippen molar-refractivity contribution in [1.82, 2.24) is 0 Å². The second-order valence-electron chi connectivity index (χ2n) is 2.56. The Labute approximate surface area is 73.7 Å². The highest BCUT2D eigenvalue weighted by Crippen LogP contribution is 2.68. The molecule has 0 aliphatic heterocycles. The second kappa shape index (κ2) is 3.42. The first-order valence-corrected chi connectivity index (χ1v) is 6.26. The Morgan fingerprint density at radius 1 is 1.15 bits per heavy atom. The molecule has 0 fully saturated rings. The van der Waals surface area contributed by atoms with Crippen LogP contribution in [0.3, 0.4) is 0 Å². The van der Waals surface area contributed by atoms with Crippen molar-refractivity contribution in [3.8, 4) is 0 Å². The van der Waals surface area contributed by atoms with Gasteiger partial charge in [-0.05, 0) is 6.92 Å². The van der Waals surface area contributed by atoms with E-state index in [0.717, 1.165) is 6.92 Å². The zero-order chi connectivity index (χ0) is 11.1. The fourth-order valence-corrected chi connectivity index (χ4v) is 3.12. The second-order valence-corrected chi connectivity index (χ2v) is 6.46. The lowest BCUT2D eigenvalue weighted by Gasteiger charge is -2.32. The summed E-state index contributed by atoms with van der Waals surface area (Å²) in [5, 5.41) is 5.60. The fraction of sp³-hybridized carbons (Fsp3) is 1.00. The van der Waals surface area contributed by atoms with Crippen LogP contribution < -0.4 is 5.73 Å². The van der Waals surface area contributed by atoms with Crippen molar-refractivity contribution in [2.75, 3.05) is 0 Å². The highest BCUT2D eigenvalue weighted by molar-refractivity contribution is 7.72. The van der Waals surface area contributed by atoms with Gasteiger partial charge in [0.25, 0.3) is 5.08 Å². The van der Waals surface area contributed by atoms with Crippen molar-refractivity contribution in [2.24, 2.45) is 5.73 Å². The third-order valence-electron chi connectivity index (χ3n) is 1.47. The predicted molar refractivity (Wildman–Crippen MR) is 42.7 cm³/mol. The molecule has 0 radical (unpaired) electrons. The van der Waals surface area contributed by atoms with Crippen LogP contribution in [0.1, 0.15) is 6.92 Å². The van der Waals surface area contributed by atoms with Crippen molar-refractivity contribution in [3.63, 3.8) is 0 Å². The van der Waals surface area contributed by atoms with Gasteiger partial charge in [-0.1, -0.05) is 0 Å². The molecule has 0 heterocycles. The Morgan fingerprint density at radius 2 is 1.38 bits per heavy atom. The molecule has 0 saturated carbocycles. The number of aliphatic hydroxyl groups is 1. The van der Waals surface area contributed by atoms with Gasteiger partial charge in [-0.15, -0.1) is 0 Å². The summed E-state index contributed by atoms with van der Waals surface area (Å²) in [5.41, 5.74) is 4.91. The van der Waals surface area contributed by atoms with Crippen LogP contribution in [0.2, 0.25) is 0 Å². The lowest BCUT2D eigenvalue weighted by Crippen LogP contribution is -2.45. The molecular formula is C3H11NO7P2. The third kappa shape index (κ3) is 2.18. The zero-order valence-electron chi connectivity index (χ0n) is 6.60. The molecule has 0 aromatic heterocycles. The van der Waals surface area contributed by atoms with Crippen molar-refractivity contribution < 1.29 is 33.8 Å². The molecule has 13 heavy (non-hydrogen) atoms. The highest BCUT2D eigenvalue weighted by atomic mass is 31.2. The van der Waals surface area contributed by atoms with Crippen LogP contribution in [-0.4, -0.2) is 35.8 Å². The molecule has 0 bridgehead atoms. The monoisotopic (exact) mass is 235 g/mol. The molecule has 0 aliphatic carbocycles. The van der Waals surface area contributed by atoms with E-state index in [2.05, 4.69) is 0 Å². The van der Waals surface area contributed by atoms with E-state index in [0.29, 0.717) is 0 Å². The summed E-state index contributed by atoms with van der Waals surface area (Å²) in [4.78, 5) is 34.1. The van der Waals surface area contributed by atoms with Crippen LogP contribution in [0.4, 0.5) is 0 Å². The quantitative estimate of drug-likeness (QED) is 0.316. The van der Waals surface area contributed by atoms with E-state index in [9.17, 15) is 9.13 Å². The largest absolute Gasteiger partial charge is 0.371 e. The molecule has 0 rings (SSSR count).